The average molecular weight is 508 g/mol. The topological polar surface area (TPSA) is 60.0 Å². The van der Waals surface area contributed by atoms with E-state index in [-0.39, 0.29) is 24.0 Å². The number of amides is 1. The molecule has 7 heteroatoms. The van der Waals surface area contributed by atoms with E-state index in [1.165, 1.54) is 32.4 Å². The summed E-state index contributed by atoms with van der Waals surface area (Å²) >= 11 is 0. The minimum absolute atomic E-state index is 0. The zero-order valence-electron chi connectivity index (χ0n) is 18.2. The van der Waals surface area contributed by atoms with E-state index in [0.717, 1.165) is 70.3 Å². The minimum atomic E-state index is 0. The van der Waals surface area contributed by atoms with Gasteiger partial charge in [0, 0.05) is 38.6 Å². The standard InChI is InChI=1S/C21H41N5O.HI/c1-4-22-21(24-17-19(3)25-15-10-18(2)11-16-25)23-12-8-14-26-13-7-5-6-9-20(26)27;/h18-19H,4-17H2,1-3H3,(H2,22,23,24);1H. The molecule has 2 fully saturated rings. The number of hydrogen-bond acceptors (Lipinski definition) is 3. The Morgan fingerprint density at radius 1 is 1.18 bits per heavy atom. The number of carbonyl (C=O) groups excluding carboxylic acids is 1. The number of hydrogen-bond donors (Lipinski definition) is 2. The van der Waals surface area contributed by atoms with Crippen LogP contribution in [0.5, 0.6) is 0 Å². The number of halogens is 1. The lowest BCUT2D eigenvalue weighted by Crippen LogP contribution is -2.43. The Labute approximate surface area is 189 Å². The van der Waals surface area contributed by atoms with Crippen molar-refractivity contribution in [3.63, 3.8) is 0 Å². The van der Waals surface area contributed by atoms with E-state index in [0.29, 0.717) is 11.9 Å². The van der Waals surface area contributed by atoms with Crippen LogP contribution in [0.25, 0.3) is 0 Å². The third-order valence-corrected chi connectivity index (χ3v) is 5.87. The van der Waals surface area contributed by atoms with Gasteiger partial charge < -0.3 is 15.5 Å². The third kappa shape index (κ3) is 9.29. The molecule has 164 valence electrons. The number of nitrogens with zero attached hydrogens (tertiary/aromatic N) is 3. The summed E-state index contributed by atoms with van der Waals surface area (Å²) in [5.41, 5.74) is 0. The highest BCUT2D eigenvalue weighted by Gasteiger charge is 2.20. The van der Waals surface area contributed by atoms with E-state index in [2.05, 4.69) is 36.3 Å². The van der Waals surface area contributed by atoms with Gasteiger partial charge in [-0.15, -0.1) is 24.0 Å². The molecular formula is C21H42IN5O. The number of piperidine rings is 1. The Bertz CT molecular complexity index is 466. The van der Waals surface area contributed by atoms with Crippen LogP contribution in [0, 0.1) is 5.92 Å². The Kier molecular flexibility index (Phi) is 13.1. The monoisotopic (exact) mass is 507 g/mol. The highest BCUT2D eigenvalue weighted by atomic mass is 127. The van der Waals surface area contributed by atoms with E-state index in [1.54, 1.807) is 0 Å². The van der Waals surface area contributed by atoms with Gasteiger partial charge in [0.1, 0.15) is 0 Å². The first kappa shape index (κ1) is 25.5. The van der Waals surface area contributed by atoms with Crippen LogP contribution in [0.2, 0.25) is 0 Å². The van der Waals surface area contributed by atoms with Crippen molar-refractivity contribution in [2.24, 2.45) is 10.9 Å². The van der Waals surface area contributed by atoms with Crippen molar-refractivity contribution < 1.29 is 4.79 Å². The average Bonchev–Trinajstić information content (AvgIpc) is 2.87. The fraction of sp³-hybridized carbons (Fsp3) is 0.905. The molecule has 2 aliphatic rings. The number of rotatable bonds is 8. The number of guanidine groups is 1. The van der Waals surface area contributed by atoms with Crippen molar-refractivity contribution in [2.45, 2.75) is 71.8 Å². The second-order valence-corrected chi connectivity index (χ2v) is 8.26. The molecule has 2 saturated heterocycles. The maximum Gasteiger partial charge on any atom is 0.222 e. The molecule has 0 aromatic heterocycles. The third-order valence-electron chi connectivity index (χ3n) is 5.87. The summed E-state index contributed by atoms with van der Waals surface area (Å²) in [6.07, 6.45) is 7.70. The van der Waals surface area contributed by atoms with Crippen LogP contribution in [0.4, 0.5) is 0 Å². The molecule has 0 bridgehead atoms. The van der Waals surface area contributed by atoms with Gasteiger partial charge in [-0.05, 0) is 65.0 Å². The summed E-state index contributed by atoms with van der Waals surface area (Å²) in [4.78, 5) is 21.5. The SMILES string of the molecule is CCNC(=NCC(C)N1CCC(C)CC1)NCCCN1CCCCCC1=O.I. The molecule has 0 aliphatic carbocycles. The van der Waals surface area contributed by atoms with Crippen LogP contribution < -0.4 is 10.6 Å². The lowest BCUT2D eigenvalue weighted by Gasteiger charge is -2.34. The fourth-order valence-corrected chi connectivity index (χ4v) is 3.90. The van der Waals surface area contributed by atoms with E-state index in [4.69, 9.17) is 4.99 Å². The molecule has 28 heavy (non-hydrogen) atoms. The molecule has 2 N–H and O–H groups in total. The maximum atomic E-state index is 12.1. The molecule has 1 unspecified atom stereocenters. The van der Waals surface area contributed by atoms with E-state index in [9.17, 15) is 4.79 Å². The van der Waals surface area contributed by atoms with E-state index >= 15 is 0 Å². The highest BCUT2D eigenvalue weighted by Crippen LogP contribution is 2.18. The highest BCUT2D eigenvalue weighted by molar-refractivity contribution is 14.0. The van der Waals surface area contributed by atoms with Crippen molar-refractivity contribution in [1.82, 2.24) is 20.4 Å². The molecule has 0 aromatic carbocycles. The number of aliphatic imine (C=N–C) groups is 1. The fourth-order valence-electron chi connectivity index (χ4n) is 3.90. The molecule has 2 aliphatic heterocycles. The summed E-state index contributed by atoms with van der Waals surface area (Å²) in [5, 5.41) is 6.78. The van der Waals surface area contributed by atoms with Gasteiger partial charge >= 0.3 is 0 Å². The van der Waals surface area contributed by atoms with Crippen molar-refractivity contribution in [3.05, 3.63) is 0 Å². The molecule has 0 spiro atoms. The molecule has 0 saturated carbocycles. The second kappa shape index (κ2) is 14.4. The summed E-state index contributed by atoms with van der Waals surface area (Å²) in [7, 11) is 0. The van der Waals surface area contributed by atoms with Gasteiger partial charge in [-0.25, -0.2) is 0 Å². The molecule has 1 atom stereocenters. The van der Waals surface area contributed by atoms with Gasteiger partial charge in [-0.2, -0.15) is 0 Å². The van der Waals surface area contributed by atoms with Gasteiger partial charge in [0.2, 0.25) is 5.91 Å². The molecule has 2 rings (SSSR count). The Morgan fingerprint density at radius 2 is 1.93 bits per heavy atom. The van der Waals surface area contributed by atoms with Gasteiger partial charge in [0.25, 0.3) is 0 Å². The minimum Gasteiger partial charge on any atom is -0.357 e. The maximum absolute atomic E-state index is 12.1. The van der Waals surface area contributed by atoms with Gasteiger partial charge in [-0.3, -0.25) is 14.7 Å². The van der Waals surface area contributed by atoms with Crippen LogP contribution >= 0.6 is 24.0 Å². The van der Waals surface area contributed by atoms with Crippen molar-refractivity contribution in [2.75, 3.05) is 45.8 Å². The summed E-state index contributed by atoms with van der Waals surface area (Å²) < 4.78 is 0. The number of nitrogens with one attached hydrogen (secondary N) is 2. The molecular weight excluding hydrogens is 465 g/mol. The Morgan fingerprint density at radius 3 is 2.64 bits per heavy atom. The quantitative estimate of drug-likeness (QED) is 0.230. The Balaban J connectivity index is 0.00000392. The summed E-state index contributed by atoms with van der Waals surface area (Å²) in [6, 6.07) is 0.489. The van der Waals surface area contributed by atoms with E-state index < -0.39 is 0 Å². The Hall–Kier alpha value is -0.570. The zero-order chi connectivity index (χ0) is 19.5. The predicted molar refractivity (Wildman–Crippen MR) is 128 cm³/mol. The number of carbonyl (C=O) groups is 1. The first-order valence-corrected chi connectivity index (χ1v) is 11.1. The zero-order valence-corrected chi connectivity index (χ0v) is 20.5. The van der Waals surface area contributed by atoms with Crippen LogP contribution in [0.1, 0.15) is 65.7 Å². The van der Waals surface area contributed by atoms with Crippen LogP contribution in [0.15, 0.2) is 4.99 Å². The molecule has 1 amide bonds. The number of likely N-dealkylation sites (tertiary alicyclic amines) is 2. The van der Waals surface area contributed by atoms with Crippen molar-refractivity contribution in [3.8, 4) is 0 Å². The smallest absolute Gasteiger partial charge is 0.222 e. The molecule has 6 nitrogen and oxygen atoms in total. The van der Waals surface area contributed by atoms with Gasteiger partial charge in [-0.1, -0.05) is 13.3 Å². The van der Waals surface area contributed by atoms with Crippen molar-refractivity contribution >= 4 is 35.8 Å². The lowest BCUT2D eigenvalue weighted by atomic mass is 9.98. The van der Waals surface area contributed by atoms with Crippen molar-refractivity contribution in [1.29, 1.82) is 0 Å². The normalized spacial score (nSPS) is 21.0. The van der Waals surface area contributed by atoms with Crippen LogP contribution in [0.3, 0.4) is 0 Å². The summed E-state index contributed by atoms with van der Waals surface area (Å²) in [6.45, 7) is 13.5. The van der Waals surface area contributed by atoms with Gasteiger partial charge in [0.15, 0.2) is 5.96 Å². The van der Waals surface area contributed by atoms with E-state index in [1.807, 2.05) is 4.90 Å². The second-order valence-electron chi connectivity index (χ2n) is 8.26. The van der Waals surface area contributed by atoms with Crippen LogP contribution in [-0.4, -0.2) is 73.5 Å². The largest absolute Gasteiger partial charge is 0.357 e. The van der Waals surface area contributed by atoms with Crippen LogP contribution in [-0.2, 0) is 4.79 Å². The molecule has 0 aromatic rings. The first-order chi connectivity index (χ1) is 13.1. The molecule has 2 heterocycles. The van der Waals surface area contributed by atoms with Gasteiger partial charge in [0.05, 0.1) is 6.54 Å². The summed E-state index contributed by atoms with van der Waals surface area (Å²) in [5.74, 6) is 2.10. The lowest BCUT2D eigenvalue weighted by molar-refractivity contribution is -0.130. The first-order valence-electron chi connectivity index (χ1n) is 11.1. The predicted octanol–water partition coefficient (Wildman–Crippen LogP) is 3.07. The molecule has 0 radical (unpaired) electrons.